The van der Waals surface area contributed by atoms with Crippen LogP contribution in [0.3, 0.4) is 0 Å². The molecule has 0 saturated heterocycles. The third-order valence-corrected chi connectivity index (χ3v) is 7.32. The fourth-order valence-electron chi connectivity index (χ4n) is 0.970. The summed E-state index contributed by atoms with van der Waals surface area (Å²) >= 11 is 0. The fourth-order valence-corrected chi connectivity index (χ4v) is 1.89. The first-order chi connectivity index (χ1) is 7.89. The minimum atomic E-state index is -1.84. The molecule has 0 unspecified atom stereocenters. The Bertz CT molecular complexity index is 314. The van der Waals surface area contributed by atoms with Gasteiger partial charge < -0.3 is 9.16 Å². The predicted molar refractivity (Wildman–Crippen MR) is 82.0 cm³/mol. The number of hydrogen-bond donors (Lipinski definition) is 0. The molecular formula is C15H30O2Si. The van der Waals surface area contributed by atoms with Crippen LogP contribution in [0.1, 0.15) is 48.5 Å². The van der Waals surface area contributed by atoms with E-state index in [1.165, 1.54) is 0 Å². The first-order valence-corrected chi connectivity index (χ1v) is 9.51. The molecule has 0 aromatic heterocycles. The van der Waals surface area contributed by atoms with E-state index in [1.807, 2.05) is 45.9 Å². The van der Waals surface area contributed by atoms with Crippen molar-refractivity contribution < 1.29 is 9.16 Å². The maximum atomic E-state index is 6.21. The van der Waals surface area contributed by atoms with Gasteiger partial charge in [0.1, 0.15) is 5.60 Å². The second-order valence-electron chi connectivity index (χ2n) is 7.09. The predicted octanol–water partition coefficient (Wildman–Crippen LogP) is 5.24. The lowest BCUT2D eigenvalue weighted by molar-refractivity contribution is -0.00997. The van der Waals surface area contributed by atoms with Crippen LogP contribution in [0.4, 0.5) is 0 Å². The summed E-state index contributed by atoms with van der Waals surface area (Å²) in [5, 5.41) is 0.170. The second-order valence-corrected chi connectivity index (χ2v) is 11.8. The summed E-state index contributed by atoms with van der Waals surface area (Å²) in [6.07, 6.45) is 5.83. The monoisotopic (exact) mass is 270 g/mol. The molecule has 106 valence electrons. The van der Waals surface area contributed by atoms with Gasteiger partial charge in [0.15, 0.2) is 0 Å². The maximum Gasteiger partial charge on any atom is 0.265 e. The van der Waals surface area contributed by atoms with Gasteiger partial charge in [-0.3, -0.25) is 0 Å². The fraction of sp³-hybridized carbons (Fsp3) is 0.733. The quantitative estimate of drug-likeness (QED) is 0.395. The maximum absolute atomic E-state index is 6.21. The Morgan fingerprint density at radius 1 is 1.00 bits per heavy atom. The molecule has 0 fully saturated rings. The van der Waals surface area contributed by atoms with Crippen LogP contribution in [-0.4, -0.2) is 13.9 Å². The van der Waals surface area contributed by atoms with Crippen molar-refractivity contribution in [2.24, 2.45) is 0 Å². The average Bonchev–Trinajstić information content (AvgIpc) is 2.09. The molecule has 18 heavy (non-hydrogen) atoms. The van der Waals surface area contributed by atoms with Crippen LogP contribution in [0.2, 0.25) is 18.1 Å². The van der Waals surface area contributed by atoms with E-state index in [4.69, 9.17) is 9.16 Å². The Morgan fingerprint density at radius 3 is 1.83 bits per heavy atom. The lowest BCUT2D eigenvalue weighted by atomic mass is 10.2. The highest BCUT2D eigenvalue weighted by atomic mass is 28.4. The van der Waals surface area contributed by atoms with Crippen LogP contribution < -0.4 is 0 Å². The lowest BCUT2D eigenvalue weighted by Crippen LogP contribution is -2.41. The second kappa shape index (κ2) is 5.96. The first kappa shape index (κ1) is 17.3. The molecule has 3 heteroatoms. The lowest BCUT2D eigenvalue weighted by Gasteiger charge is -2.38. The van der Waals surface area contributed by atoms with Crippen LogP contribution in [-0.2, 0) is 9.16 Å². The van der Waals surface area contributed by atoms with Crippen molar-refractivity contribution in [3.63, 3.8) is 0 Å². The number of ether oxygens (including phenoxy) is 1. The van der Waals surface area contributed by atoms with Crippen molar-refractivity contribution in [2.45, 2.75) is 72.2 Å². The van der Waals surface area contributed by atoms with Crippen LogP contribution in [0.15, 0.2) is 24.2 Å². The van der Waals surface area contributed by atoms with Gasteiger partial charge >= 0.3 is 0 Å². The van der Waals surface area contributed by atoms with Gasteiger partial charge in [-0.1, -0.05) is 32.9 Å². The summed E-state index contributed by atoms with van der Waals surface area (Å²) in [6.45, 7) is 19.2. The van der Waals surface area contributed by atoms with E-state index in [0.29, 0.717) is 5.95 Å². The summed E-state index contributed by atoms with van der Waals surface area (Å²) in [5.74, 6) is 0.632. The third-order valence-electron chi connectivity index (χ3n) is 2.99. The molecule has 0 aromatic carbocycles. The smallest absolute Gasteiger partial charge is 0.265 e. The normalized spacial score (nSPS) is 15.1. The largest absolute Gasteiger partial charge is 0.519 e. The Morgan fingerprint density at radius 2 is 1.50 bits per heavy atom. The molecule has 0 amide bonds. The highest BCUT2D eigenvalue weighted by molar-refractivity contribution is 6.74. The minimum absolute atomic E-state index is 0.170. The molecule has 0 heterocycles. The van der Waals surface area contributed by atoms with Crippen molar-refractivity contribution in [2.75, 3.05) is 0 Å². The van der Waals surface area contributed by atoms with E-state index in [2.05, 4.69) is 33.9 Å². The Kier molecular flexibility index (Phi) is 5.73. The van der Waals surface area contributed by atoms with Crippen molar-refractivity contribution in [3.8, 4) is 0 Å². The van der Waals surface area contributed by atoms with Crippen molar-refractivity contribution >= 4 is 8.32 Å². The zero-order valence-corrected chi connectivity index (χ0v) is 14.5. The zero-order chi connectivity index (χ0) is 14.6. The van der Waals surface area contributed by atoms with Crippen LogP contribution in [0, 0.1) is 0 Å². The topological polar surface area (TPSA) is 18.5 Å². The summed E-state index contributed by atoms with van der Waals surface area (Å²) in [6, 6.07) is 0. The van der Waals surface area contributed by atoms with E-state index in [1.54, 1.807) is 0 Å². The van der Waals surface area contributed by atoms with Crippen LogP contribution in [0.5, 0.6) is 0 Å². The summed E-state index contributed by atoms with van der Waals surface area (Å²) < 4.78 is 12.1. The summed E-state index contributed by atoms with van der Waals surface area (Å²) in [7, 11) is -1.84. The molecule has 0 aromatic rings. The Hall–Kier alpha value is -0.703. The molecule has 0 aliphatic carbocycles. The van der Waals surface area contributed by atoms with E-state index in [9.17, 15) is 0 Å². The van der Waals surface area contributed by atoms with Gasteiger partial charge in [0.25, 0.3) is 14.3 Å². The first-order valence-electron chi connectivity index (χ1n) is 6.60. The van der Waals surface area contributed by atoms with Crippen molar-refractivity contribution in [3.05, 3.63) is 24.2 Å². The standard InChI is InChI=1S/C15H30O2Si/c1-10-11-12-13(16-14(2,3)4)17-18(8,9)15(5,6)7/h10-12H,1-9H3/b11-10-,13-12-. The molecular weight excluding hydrogens is 240 g/mol. The molecule has 0 radical (unpaired) electrons. The highest BCUT2D eigenvalue weighted by Crippen LogP contribution is 2.38. The van der Waals surface area contributed by atoms with Gasteiger partial charge in [-0.05, 0) is 45.8 Å². The summed E-state index contributed by atoms with van der Waals surface area (Å²) in [5.41, 5.74) is -0.240. The molecule has 0 N–H and O–H groups in total. The number of hydrogen-bond acceptors (Lipinski definition) is 2. The van der Waals surface area contributed by atoms with Gasteiger partial charge in [0.05, 0.1) is 0 Å². The molecule has 2 nitrogen and oxygen atoms in total. The van der Waals surface area contributed by atoms with E-state index >= 15 is 0 Å². The molecule has 0 atom stereocenters. The van der Waals surface area contributed by atoms with Crippen LogP contribution >= 0.6 is 0 Å². The van der Waals surface area contributed by atoms with Crippen molar-refractivity contribution in [1.29, 1.82) is 0 Å². The van der Waals surface area contributed by atoms with E-state index in [-0.39, 0.29) is 10.6 Å². The molecule has 0 bridgehead atoms. The molecule has 0 rings (SSSR count). The van der Waals surface area contributed by atoms with E-state index < -0.39 is 8.32 Å². The van der Waals surface area contributed by atoms with Gasteiger partial charge in [-0.2, -0.15) is 0 Å². The highest BCUT2D eigenvalue weighted by Gasteiger charge is 2.40. The van der Waals surface area contributed by atoms with Gasteiger partial charge in [0, 0.05) is 6.08 Å². The molecule has 0 saturated carbocycles. The van der Waals surface area contributed by atoms with Gasteiger partial charge in [0.2, 0.25) is 0 Å². The Labute approximate surface area is 114 Å². The van der Waals surface area contributed by atoms with Gasteiger partial charge in [-0.25, -0.2) is 0 Å². The van der Waals surface area contributed by atoms with E-state index in [0.717, 1.165) is 0 Å². The molecule has 0 aliphatic heterocycles. The van der Waals surface area contributed by atoms with Crippen LogP contribution in [0.25, 0.3) is 0 Å². The third kappa shape index (κ3) is 6.29. The molecule has 0 aliphatic rings. The van der Waals surface area contributed by atoms with Gasteiger partial charge in [-0.15, -0.1) is 0 Å². The minimum Gasteiger partial charge on any atom is -0.519 e. The van der Waals surface area contributed by atoms with Crippen molar-refractivity contribution in [1.82, 2.24) is 0 Å². The SMILES string of the molecule is C/C=C\C=C(\OC(C)(C)C)O[Si](C)(C)C(C)(C)C. The number of rotatable bonds is 4. The zero-order valence-electron chi connectivity index (χ0n) is 13.5. The Balaban J connectivity index is 5.03. The average molecular weight is 270 g/mol. The summed E-state index contributed by atoms with van der Waals surface area (Å²) in [4.78, 5) is 0. The number of allylic oxidation sites excluding steroid dienone is 3. The molecule has 0 spiro atoms.